The first-order valence-corrected chi connectivity index (χ1v) is 8.88. The van der Waals surface area contributed by atoms with Crippen LogP contribution in [0, 0.1) is 13.8 Å². The average molecular weight is 321 g/mol. The number of allylic oxidation sites excluding steroid dienone is 1. The van der Waals surface area contributed by atoms with E-state index in [9.17, 15) is 0 Å². The van der Waals surface area contributed by atoms with Gasteiger partial charge in [0.2, 0.25) is 0 Å². The predicted octanol–water partition coefficient (Wildman–Crippen LogP) is 5.70. The fourth-order valence-corrected chi connectivity index (χ4v) is 4.17. The van der Waals surface area contributed by atoms with Gasteiger partial charge in [0.15, 0.2) is 0 Å². The molecule has 4 rings (SSSR count). The monoisotopic (exact) mass is 321 g/mol. The van der Waals surface area contributed by atoms with Gasteiger partial charge in [0.1, 0.15) is 5.75 Å². The highest BCUT2D eigenvalue weighted by Crippen LogP contribution is 2.41. The normalized spacial score (nSPS) is 15.8. The highest BCUT2D eigenvalue weighted by molar-refractivity contribution is 7.99. The predicted molar refractivity (Wildman–Crippen MR) is 98.2 cm³/mol. The lowest BCUT2D eigenvalue weighted by molar-refractivity contribution is 0.477. The number of para-hydroxylation sites is 1. The molecule has 2 heterocycles. The summed E-state index contributed by atoms with van der Waals surface area (Å²) in [5.41, 5.74) is 6.12. The van der Waals surface area contributed by atoms with Gasteiger partial charge in [-0.2, -0.15) is 0 Å². The molecule has 0 unspecified atom stereocenters. The third-order valence-electron chi connectivity index (χ3n) is 4.48. The molecule has 0 aliphatic carbocycles. The summed E-state index contributed by atoms with van der Waals surface area (Å²) in [7, 11) is 0. The van der Waals surface area contributed by atoms with Gasteiger partial charge in [-0.1, -0.05) is 30.3 Å². The minimum Gasteiger partial charge on any atom is -0.464 e. The molecule has 1 N–H and O–H groups in total. The largest absolute Gasteiger partial charge is 0.464 e. The van der Waals surface area contributed by atoms with Crippen molar-refractivity contribution >= 4 is 28.2 Å². The number of thioether (sulfide) groups is 1. The molecule has 0 radical (unpaired) electrons. The Balaban J connectivity index is 1.72. The van der Waals surface area contributed by atoms with Gasteiger partial charge in [0, 0.05) is 27.1 Å². The van der Waals surface area contributed by atoms with Crippen molar-refractivity contribution in [3.8, 4) is 5.75 Å². The fourth-order valence-electron chi connectivity index (χ4n) is 2.98. The van der Waals surface area contributed by atoms with Gasteiger partial charge >= 0.3 is 0 Å². The topological polar surface area (TPSA) is 25.0 Å². The molecule has 0 saturated heterocycles. The fraction of sp³-hybridized carbons (Fsp3) is 0.200. The number of H-pyrrole nitrogens is 1. The van der Waals surface area contributed by atoms with Crippen LogP contribution in [0.25, 0.3) is 16.5 Å². The van der Waals surface area contributed by atoms with Crippen molar-refractivity contribution < 1.29 is 4.74 Å². The van der Waals surface area contributed by atoms with E-state index in [1.165, 1.54) is 38.2 Å². The molecular formula is C20H19NOS. The summed E-state index contributed by atoms with van der Waals surface area (Å²) in [5.74, 6) is 2.03. The van der Waals surface area contributed by atoms with E-state index < -0.39 is 0 Å². The molecule has 0 saturated carbocycles. The van der Waals surface area contributed by atoms with Gasteiger partial charge in [0.05, 0.1) is 12.0 Å². The second kappa shape index (κ2) is 5.82. The molecule has 0 bridgehead atoms. The first-order chi connectivity index (χ1) is 11.2. The Morgan fingerprint density at radius 3 is 2.87 bits per heavy atom. The zero-order chi connectivity index (χ0) is 15.8. The highest BCUT2D eigenvalue weighted by atomic mass is 32.2. The first kappa shape index (κ1) is 14.5. The van der Waals surface area contributed by atoms with Crippen molar-refractivity contribution in [2.45, 2.75) is 25.2 Å². The Labute approximate surface area is 140 Å². The number of aromatic nitrogens is 1. The van der Waals surface area contributed by atoms with E-state index in [1.54, 1.807) is 0 Å². The quantitative estimate of drug-likeness (QED) is 0.612. The molecule has 23 heavy (non-hydrogen) atoms. The van der Waals surface area contributed by atoms with Crippen molar-refractivity contribution in [3.05, 3.63) is 65.5 Å². The van der Waals surface area contributed by atoms with Gasteiger partial charge in [-0.05, 0) is 43.5 Å². The number of ether oxygens (including phenoxy) is 1. The van der Waals surface area contributed by atoms with E-state index in [2.05, 4.69) is 49.2 Å². The van der Waals surface area contributed by atoms with Crippen molar-refractivity contribution in [3.63, 3.8) is 0 Å². The molecular weight excluding hydrogens is 302 g/mol. The number of hydrogen-bond donors (Lipinski definition) is 1. The van der Waals surface area contributed by atoms with E-state index in [1.807, 2.05) is 30.2 Å². The number of aromatic amines is 1. The van der Waals surface area contributed by atoms with Crippen molar-refractivity contribution in [1.82, 2.24) is 4.98 Å². The minimum atomic E-state index is 0.938. The van der Waals surface area contributed by atoms with Crippen LogP contribution >= 0.6 is 11.8 Å². The maximum atomic E-state index is 6.02. The number of nitrogens with one attached hydrogen (secondary N) is 1. The molecule has 1 aliphatic rings. The van der Waals surface area contributed by atoms with Crippen LogP contribution in [-0.4, -0.2) is 10.7 Å². The van der Waals surface area contributed by atoms with Gasteiger partial charge in [-0.3, -0.25) is 0 Å². The van der Waals surface area contributed by atoms with Gasteiger partial charge in [0.25, 0.3) is 0 Å². The Morgan fingerprint density at radius 2 is 1.96 bits per heavy atom. The molecule has 0 atom stereocenters. The van der Waals surface area contributed by atoms with Crippen LogP contribution in [0.15, 0.2) is 53.6 Å². The summed E-state index contributed by atoms with van der Waals surface area (Å²) < 4.78 is 6.02. The molecule has 116 valence electrons. The van der Waals surface area contributed by atoms with E-state index >= 15 is 0 Å². The smallest absolute Gasteiger partial charge is 0.129 e. The van der Waals surface area contributed by atoms with Crippen molar-refractivity contribution in [1.29, 1.82) is 0 Å². The van der Waals surface area contributed by atoms with E-state index in [-0.39, 0.29) is 0 Å². The summed E-state index contributed by atoms with van der Waals surface area (Å²) >= 11 is 1.93. The number of fused-ring (bicyclic) bond motifs is 3. The van der Waals surface area contributed by atoms with E-state index in [0.29, 0.717) is 0 Å². The third-order valence-corrected chi connectivity index (χ3v) is 5.60. The first-order valence-electron chi connectivity index (χ1n) is 7.90. The lowest BCUT2D eigenvalue weighted by Crippen LogP contribution is -1.99. The Bertz CT molecular complexity index is 907. The summed E-state index contributed by atoms with van der Waals surface area (Å²) in [6.45, 7) is 4.22. The van der Waals surface area contributed by atoms with Crippen LogP contribution in [-0.2, 0) is 0 Å². The Morgan fingerprint density at radius 1 is 1.09 bits per heavy atom. The zero-order valence-electron chi connectivity index (χ0n) is 13.3. The molecule has 1 aromatic heterocycles. The molecule has 0 fully saturated rings. The van der Waals surface area contributed by atoms with Gasteiger partial charge in [-0.25, -0.2) is 0 Å². The average Bonchev–Trinajstić information content (AvgIpc) is 2.95. The summed E-state index contributed by atoms with van der Waals surface area (Å²) in [4.78, 5) is 4.91. The standard InChI is InChI=1S/C20H19NOS/c1-13-6-5-9-18(14(13)2)22-12-15-10-11-23-20-16-7-3-4-8-17(16)21-19(15)20/h3-9,12,21H,10-11H2,1-2H3/b15-12+. The van der Waals surface area contributed by atoms with Crippen LogP contribution in [0.4, 0.5) is 0 Å². The van der Waals surface area contributed by atoms with Crippen LogP contribution in [0.5, 0.6) is 5.75 Å². The lowest BCUT2D eigenvalue weighted by Gasteiger charge is -2.15. The minimum absolute atomic E-state index is 0.938. The van der Waals surface area contributed by atoms with Crippen LogP contribution in [0.2, 0.25) is 0 Å². The maximum Gasteiger partial charge on any atom is 0.129 e. The summed E-state index contributed by atoms with van der Waals surface area (Å²) in [6, 6.07) is 14.7. The van der Waals surface area contributed by atoms with Gasteiger partial charge < -0.3 is 9.72 Å². The second-order valence-corrected chi connectivity index (χ2v) is 7.04. The number of benzene rings is 2. The molecule has 3 aromatic rings. The molecule has 0 spiro atoms. The molecule has 2 nitrogen and oxygen atoms in total. The zero-order valence-corrected chi connectivity index (χ0v) is 14.2. The van der Waals surface area contributed by atoms with Crippen LogP contribution in [0.1, 0.15) is 23.2 Å². The highest BCUT2D eigenvalue weighted by Gasteiger charge is 2.20. The van der Waals surface area contributed by atoms with Crippen LogP contribution < -0.4 is 4.74 Å². The second-order valence-electron chi connectivity index (χ2n) is 5.93. The SMILES string of the molecule is Cc1cccc(O/C=C2\CCSc3c2[nH]c2ccccc32)c1C. The summed E-state index contributed by atoms with van der Waals surface area (Å²) in [6.07, 6.45) is 2.95. The number of aryl methyl sites for hydroxylation is 1. The van der Waals surface area contributed by atoms with Crippen molar-refractivity contribution in [2.75, 3.05) is 5.75 Å². The molecule has 1 aliphatic heterocycles. The van der Waals surface area contributed by atoms with E-state index in [4.69, 9.17) is 4.74 Å². The number of hydrogen-bond acceptors (Lipinski definition) is 2. The Hall–Kier alpha value is -2.13. The molecule has 0 amide bonds. The maximum absolute atomic E-state index is 6.02. The van der Waals surface area contributed by atoms with Crippen molar-refractivity contribution in [2.24, 2.45) is 0 Å². The lowest BCUT2D eigenvalue weighted by atomic mass is 10.1. The number of rotatable bonds is 2. The Kier molecular flexibility index (Phi) is 3.66. The molecule has 2 aromatic carbocycles. The van der Waals surface area contributed by atoms with Crippen LogP contribution in [0.3, 0.4) is 0 Å². The van der Waals surface area contributed by atoms with Gasteiger partial charge in [-0.15, -0.1) is 11.8 Å². The third kappa shape index (κ3) is 2.55. The molecule has 3 heteroatoms. The van der Waals surface area contributed by atoms with E-state index in [0.717, 1.165) is 17.9 Å². The summed E-state index contributed by atoms with van der Waals surface area (Å²) in [5, 5.41) is 1.31.